The first-order valence-electron chi connectivity index (χ1n) is 12.1. The Kier molecular flexibility index (Phi) is 10.4. The van der Waals surface area contributed by atoms with Crippen LogP contribution in [0.1, 0.15) is 44.9 Å². The third kappa shape index (κ3) is 8.07. The summed E-state index contributed by atoms with van der Waals surface area (Å²) < 4.78 is 47.4. The summed E-state index contributed by atoms with van der Waals surface area (Å²) in [5, 5.41) is 22.7. The summed E-state index contributed by atoms with van der Waals surface area (Å²) in [6, 6.07) is 5.60. The van der Waals surface area contributed by atoms with E-state index in [1.54, 1.807) is 24.3 Å². The van der Waals surface area contributed by atoms with E-state index in [-0.39, 0.29) is 31.6 Å². The Hall–Kier alpha value is -1.86. The Morgan fingerprint density at radius 2 is 1.89 bits per heavy atom. The van der Waals surface area contributed by atoms with Crippen LogP contribution < -0.4 is 10.1 Å². The van der Waals surface area contributed by atoms with Gasteiger partial charge in [0.2, 0.25) is 11.8 Å². The zero-order valence-electron chi connectivity index (χ0n) is 19.8. The number of rotatable bonds is 10. The summed E-state index contributed by atoms with van der Waals surface area (Å²) in [5.74, 6) is -0.589. The predicted molar refractivity (Wildman–Crippen MR) is 135 cm³/mol. The number of halogens is 4. The van der Waals surface area contributed by atoms with E-state index in [4.69, 9.17) is 9.84 Å². The maximum atomic E-state index is 13.6. The molecule has 0 saturated heterocycles. The maximum absolute atomic E-state index is 13.6. The second kappa shape index (κ2) is 13.1. The van der Waals surface area contributed by atoms with E-state index in [1.165, 1.54) is 6.08 Å². The molecule has 0 heterocycles. The molecule has 1 aromatic rings. The van der Waals surface area contributed by atoms with Crippen molar-refractivity contribution in [2.45, 2.75) is 69.4 Å². The van der Waals surface area contributed by atoms with Gasteiger partial charge in [-0.25, -0.2) is 0 Å². The smallest absolute Gasteiger partial charge is 0.406 e. The predicted octanol–water partition coefficient (Wildman–Crippen LogP) is 3.57. The molecule has 1 saturated carbocycles. The molecule has 0 aliphatic heterocycles. The second-order valence-electron chi connectivity index (χ2n) is 9.27. The zero-order valence-corrected chi connectivity index (χ0v) is 22.0. The van der Waals surface area contributed by atoms with Gasteiger partial charge in [-0.3, -0.25) is 9.59 Å². The van der Waals surface area contributed by atoms with Crippen molar-refractivity contribution in [3.8, 4) is 5.75 Å². The normalized spacial score (nSPS) is 22.7. The summed E-state index contributed by atoms with van der Waals surface area (Å²) in [6.07, 6.45) is -1.75. The Morgan fingerprint density at radius 1 is 1.19 bits per heavy atom. The van der Waals surface area contributed by atoms with Crippen molar-refractivity contribution in [2.75, 3.05) is 19.7 Å². The molecule has 0 radical (unpaired) electrons. The molecule has 200 valence electrons. The summed E-state index contributed by atoms with van der Waals surface area (Å²) in [7, 11) is 0. The molecule has 11 heteroatoms. The monoisotopic (exact) mass is 624 g/mol. The van der Waals surface area contributed by atoms with E-state index < -0.39 is 42.8 Å². The van der Waals surface area contributed by atoms with Gasteiger partial charge in [0, 0.05) is 25.0 Å². The summed E-state index contributed by atoms with van der Waals surface area (Å²) in [6.45, 7) is -1.88. The van der Waals surface area contributed by atoms with Crippen LogP contribution in [0.2, 0.25) is 0 Å². The van der Waals surface area contributed by atoms with Crippen molar-refractivity contribution in [1.29, 1.82) is 0 Å². The molecule has 0 bridgehead atoms. The minimum absolute atomic E-state index is 0.0436. The highest BCUT2D eigenvalue weighted by molar-refractivity contribution is 14.1. The highest BCUT2D eigenvalue weighted by Crippen LogP contribution is 2.33. The van der Waals surface area contributed by atoms with Crippen LogP contribution in [0.4, 0.5) is 13.2 Å². The molecular weight excluding hydrogens is 592 g/mol. The molecule has 3 rings (SSSR count). The van der Waals surface area contributed by atoms with Crippen molar-refractivity contribution >= 4 is 34.4 Å². The molecule has 36 heavy (non-hydrogen) atoms. The Bertz CT molecular complexity index is 937. The molecule has 2 aliphatic rings. The average Bonchev–Trinajstić information content (AvgIpc) is 3.35. The minimum atomic E-state index is -4.69. The number of benzene rings is 1. The Morgan fingerprint density at radius 3 is 2.53 bits per heavy atom. The molecule has 1 fully saturated rings. The van der Waals surface area contributed by atoms with Gasteiger partial charge in [0.1, 0.15) is 24.5 Å². The molecule has 3 N–H and O–H groups in total. The largest absolute Gasteiger partial charge is 0.482 e. The topological polar surface area (TPSA) is 99.1 Å². The standard InChI is InChI=1S/C25H32F3IN2O5/c26-25(27,28)15-31(22(33)10-9-16-5-1-2-6-16)19-13-17(24(35)30-11-12-32)14-21(23(19)34)36-20-8-4-3-7-18(20)29/h3-4,7-8,14,16,19,21,23,32,34H,1-2,5-6,9-13,15H2,(H,30,35)/t19-,21+,23+/m1/s1. The van der Waals surface area contributed by atoms with E-state index in [2.05, 4.69) is 5.32 Å². The number of hydrogen-bond donors (Lipinski definition) is 3. The number of alkyl halides is 3. The number of carbonyl (C=O) groups is 2. The first kappa shape index (κ1) is 28.7. The number of carbonyl (C=O) groups excluding carboxylic acids is 2. The van der Waals surface area contributed by atoms with Crippen LogP contribution in [-0.4, -0.2) is 71.0 Å². The first-order valence-corrected chi connectivity index (χ1v) is 13.2. The van der Waals surface area contributed by atoms with Gasteiger partial charge in [-0.2, -0.15) is 13.2 Å². The van der Waals surface area contributed by atoms with E-state index in [1.807, 2.05) is 22.6 Å². The number of nitrogens with one attached hydrogen (secondary N) is 1. The van der Waals surface area contributed by atoms with Crippen molar-refractivity contribution in [2.24, 2.45) is 5.92 Å². The number of aliphatic hydroxyl groups excluding tert-OH is 2. The van der Waals surface area contributed by atoms with Gasteiger partial charge in [0.05, 0.1) is 16.2 Å². The second-order valence-corrected chi connectivity index (χ2v) is 10.4. The molecular formula is C25H32F3IN2O5. The van der Waals surface area contributed by atoms with Crippen molar-refractivity contribution in [1.82, 2.24) is 10.2 Å². The maximum Gasteiger partial charge on any atom is 0.406 e. The SMILES string of the molecule is O=C(NCCO)C1=C[C@H](Oc2ccccc2I)[C@@H](O)[C@H](N(CC(F)(F)F)C(=O)CCC2CCCC2)C1. The summed E-state index contributed by atoms with van der Waals surface area (Å²) >= 11 is 2.03. The lowest BCUT2D eigenvalue weighted by molar-refractivity contribution is -0.172. The highest BCUT2D eigenvalue weighted by Gasteiger charge is 2.44. The molecule has 0 spiro atoms. The fourth-order valence-electron chi connectivity index (χ4n) is 4.82. The van der Waals surface area contributed by atoms with Crippen LogP contribution in [-0.2, 0) is 9.59 Å². The quantitative estimate of drug-likeness (QED) is 0.346. The average molecular weight is 624 g/mol. The number of hydrogen-bond acceptors (Lipinski definition) is 5. The van der Waals surface area contributed by atoms with Gasteiger partial charge in [0.15, 0.2) is 0 Å². The number of nitrogens with zero attached hydrogens (tertiary/aromatic N) is 1. The lowest BCUT2D eigenvalue weighted by Gasteiger charge is -2.41. The van der Waals surface area contributed by atoms with Crippen molar-refractivity contribution in [3.63, 3.8) is 0 Å². The number of para-hydroxylation sites is 1. The van der Waals surface area contributed by atoms with E-state index in [9.17, 15) is 27.9 Å². The van der Waals surface area contributed by atoms with Crippen LogP contribution in [0.5, 0.6) is 5.75 Å². The Labute approximate surface area is 222 Å². The van der Waals surface area contributed by atoms with Crippen LogP contribution in [0.25, 0.3) is 0 Å². The van der Waals surface area contributed by atoms with Crippen LogP contribution >= 0.6 is 22.6 Å². The van der Waals surface area contributed by atoms with Crippen LogP contribution in [0, 0.1) is 9.49 Å². The zero-order chi connectivity index (χ0) is 26.3. The van der Waals surface area contributed by atoms with E-state index >= 15 is 0 Å². The molecule has 7 nitrogen and oxygen atoms in total. The van der Waals surface area contributed by atoms with Gasteiger partial charge in [0.25, 0.3) is 0 Å². The first-order chi connectivity index (χ1) is 17.1. The minimum Gasteiger partial charge on any atom is -0.482 e. The van der Waals surface area contributed by atoms with Crippen molar-refractivity contribution in [3.05, 3.63) is 39.5 Å². The fourth-order valence-corrected chi connectivity index (χ4v) is 5.33. The Balaban J connectivity index is 1.88. The van der Waals surface area contributed by atoms with Gasteiger partial charge in [-0.1, -0.05) is 37.8 Å². The molecule has 2 amide bonds. The van der Waals surface area contributed by atoms with Gasteiger partial charge in [-0.15, -0.1) is 0 Å². The molecule has 1 aromatic carbocycles. The van der Waals surface area contributed by atoms with E-state index in [0.717, 1.165) is 25.7 Å². The fraction of sp³-hybridized carbons (Fsp3) is 0.600. The molecule has 2 aliphatic carbocycles. The van der Waals surface area contributed by atoms with Gasteiger partial charge in [-0.05, 0) is 53.1 Å². The lowest BCUT2D eigenvalue weighted by Crippen LogP contribution is -2.57. The third-order valence-corrected chi connectivity index (χ3v) is 7.52. The molecule has 3 atom stereocenters. The van der Waals surface area contributed by atoms with E-state index in [0.29, 0.717) is 26.6 Å². The number of ether oxygens (including phenoxy) is 1. The number of aliphatic hydroxyl groups is 2. The van der Waals surface area contributed by atoms with Crippen LogP contribution in [0.15, 0.2) is 35.9 Å². The number of amides is 2. The summed E-state index contributed by atoms with van der Waals surface area (Å²) in [4.78, 5) is 26.5. The molecule has 0 unspecified atom stereocenters. The van der Waals surface area contributed by atoms with Gasteiger partial charge < -0.3 is 25.2 Å². The lowest BCUT2D eigenvalue weighted by atomic mass is 9.87. The summed E-state index contributed by atoms with van der Waals surface area (Å²) in [5.41, 5.74) is 0.0884. The molecule has 0 aromatic heterocycles. The van der Waals surface area contributed by atoms with Crippen LogP contribution in [0.3, 0.4) is 0 Å². The highest BCUT2D eigenvalue weighted by atomic mass is 127. The van der Waals surface area contributed by atoms with Gasteiger partial charge >= 0.3 is 6.18 Å². The third-order valence-electron chi connectivity index (χ3n) is 6.63. The van der Waals surface area contributed by atoms with Crippen molar-refractivity contribution < 1.29 is 37.7 Å².